The van der Waals surface area contributed by atoms with Crippen LogP contribution in [0.2, 0.25) is 0 Å². The van der Waals surface area contributed by atoms with Crippen molar-refractivity contribution < 1.29 is 13.9 Å². The second kappa shape index (κ2) is 5.80. The largest absolute Gasteiger partial charge is 0.378 e. The minimum Gasteiger partial charge on any atom is -0.378 e. The molecule has 1 amide bonds. The standard InChI is InChI=1S/C13H15BrFNO2/c1-8-10(4-5-18-8)7-16-13(17)9-2-3-12(15)11(14)6-9/h2-3,6,8,10H,4-5,7H2,1H3,(H,16,17). The zero-order valence-corrected chi connectivity index (χ0v) is 11.7. The predicted molar refractivity (Wildman–Crippen MR) is 70.0 cm³/mol. The summed E-state index contributed by atoms with van der Waals surface area (Å²) in [5.74, 6) is -0.197. The Bertz CT molecular complexity index is 453. The molecule has 18 heavy (non-hydrogen) atoms. The maximum atomic E-state index is 13.0. The van der Waals surface area contributed by atoms with E-state index < -0.39 is 0 Å². The number of ether oxygens (including phenoxy) is 1. The number of carbonyl (C=O) groups is 1. The Balaban J connectivity index is 1.93. The summed E-state index contributed by atoms with van der Waals surface area (Å²) in [5.41, 5.74) is 0.454. The van der Waals surface area contributed by atoms with Crippen LogP contribution < -0.4 is 5.32 Å². The average molecular weight is 316 g/mol. The van der Waals surface area contributed by atoms with Crippen LogP contribution in [0, 0.1) is 11.7 Å². The fourth-order valence-electron chi connectivity index (χ4n) is 2.01. The zero-order valence-electron chi connectivity index (χ0n) is 10.1. The van der Waals surface area contributed by atoms with Gasteiger partial charge in [-0.3, -0.25) is 4.79 Å². The van der Waals surface area contributed by atoms with Gasteiger partial charge >= 0.3 is 0 Å². The van der Waals surface area contributed by atoms with E-state index in [9.17, 15) is 9.18 Å². The van der Waals surface area contributed by atoms with Crippen LogP contribution in [-0.4, -0.2) is 25.2 Å². The fraction of sp³-hybridized carbons (Fsp3) is 0.462. The van der Waals surface area contributed by atoms with Gasteiger partial charge < -0.3 is 10.1 Å². The Morgan fingerprint density at radius 2 is 2.39 bits per heavy atom. The van der Waals surface area contributed by atoms with Crippen molar-refractivity contribution in [2.24, 2.45) is 5.92 Å². The molecule has 0 bridgehead atoms. The second-order valence-electron chi connectivity index (χ2n) is 4.46. The average Bonchev–Trinajstić information content (AvgIpc) is 2.75. The summed E-state index contributed by atoms with van der Waals surface area (Å²) in [4.78, 5) is 11.9. The molecular formula is C13H15BrFNO2. The molecule has 2 unspecified atom stereocenters. The van der Waals surface area contributed by atoms with Gasteiger partial charge in [-0.15, -0.1) is 0 Å². The molecule has 98 valence electrons. The SMILES string of the molecule is CC1OCCC1CNC(=O)c1ccc(F)c(Br)c1. The smallest absolute Gasteiger partial charge is 0.251 e. The van der Waals surface area contributed by atoms with Gasteiger partial charge in [-0.25, -0.2) is 4.39 Å². The van der Waals surface area contributed by atoms with Crippen LogP contribution >= 0.6 is 15.9 Å². The first-order chi connectivity index (χ1) is 8.58. The fourth-order valence-corrected chi connectivity index (χ4v) is 2.39. The lowest BCUT2D eigenvalue weighted by atomic mass is 10.0. The second-order valence-corrected chi connectivity index (χ2v) is 5.32. The van der Waals surface area contributed by atoms with Gasteiger partial charge in [-0.1, -0.05) is 0 Å². The number of hydrogen-bond donors (Lipinski definition) is 1. The van der Waals surface area contributed by atoms with E-state index >= 15 is 0 Å². The van der Waals surface area contributed by atoms with Crippen molar-refractivity contribution in [3.63, 3.8) is 0 Å². The highest BCUT2D eigenvalue weighted by molar-refractivity contribution is 9.10. The van der Waals surface area contributed by atoms with Crippen LogP contribution in [-0.2, 0) is 4.74 Å². The van der Waals surface area contributed by atoms with Crippen LogP contribution in [0.4, 0.5) is 4.39 Å². The number of rotatable bonds is 3. The summed E-state index contributed by atoms with van der Waals surface area (Å²) in [6.45, 7) is 3.36. The quantitative estimate of drug-likeness (QED) is 0.931. The molecule has 1 aliphatic rings. The number of nitrogens with one attached hydrogen (secondary N) is 1. The summed E-state index contributed by atoms with van der Waals surface area (Å²) < 4.78 is 18.8. The van der Waals surface area contributed by atoms with Crippen LogP contribution in [0.3, 0.4) is 0 Å². The summed E-state index contributed by atoms with van der Waals surface area (Å²) in [7, 11) is 0. The summed E-state index contributed by atoms with van der Waals surface area (Å²) >= 11 is 3.07. The number of halogens is 2. The van der Waals surface area contributed by atoms with Crippen molar-refractivity contribution in [3.8, 4) is 0 Å². The maximum Gasteiger partial charge on any atom is 0.251 e. The molecule has 0 radical (unpaired) electrons. The monoisotopic (exact) mass is 315 g/mol. The highest BCUT2D eigenvalue weighted by atomic mass is 79.9. The van der Waals surface area contributed by atoms with Crippen molar-refractivity contribution in [3.05, 3.63) is 34.1 Å². The molecule has 1 saturated heterocycles. The number of benzene rings is 1. The van der Waals surface area contributed by atoms with Crippen molar-refractivity contribution >= 4 is 21.8 Å². The van der Waals surface area contributed by atoms with Crippen molar-refractivity contribution in [1.82, 2.24) is 5.32 Å². The molecule has 0 spiro atoms. The van der Waals surface area contributed by atoms with E-state index in [1.165, 1.54) is 18.2 Å². The van der Waals surface area contributed by atoms with Gasteiger partial charge in [-0.2, -0.15) is 0 Å². The molecule has 1 aliphatic heterocycles. The Labute approximate surface area is 114 Å². The molecule has 1 N–H and O–H groups in total. The lowest BCUT2D eigenvalue weighted by molar-refractivity contribution is 0.0907. The lowest BCUT2D eigenvalue weighted by Crippen LogP contribution is -2.31. The predicted octanol–water partition coefficient (Wildman–Crippen LogP) is 2.74. The van der Waals surface area contributed by atoms with Gasteiger partial charge in [0.25, 0.3) is 5.91 Å². The third kappa shape index (κ3) is 3.09. The van der Waals surface area contributed by atoms with E-state index in [0.717, 1.165) is 13.0 Å². The highest BCUT2D eigenvalue weighted by Gasteiger charge is 2.24. The van der Waals surface area contributed by atoms with Crippen LogP contribution in [0.1, 0.15) is 23.7 Å². The Hall–Kier alpha value is -0.940. The highest BCUT2D eigenvalue weighted by Crippen LogP contribution is 2.20. The molecule has 0 aliphatic carbocycles. The number of carbonyl (C=O) groups excluding carboxylic acids is 1. The van der Waals surface area contributed by atoms with Gasteiger partial charge in [0, 0.05) is 24.6 Å². The van der Waals surface area contributed by atoms with Gasteiger partial charge in [0.15, 0.2) is 0 Å². The molecule has 5 heteroatoms. The maximum absolute atomic E-state index is 13.0. The van der Waals surface area contributed by atoms with E-state index in [-0.39, 0.29) is 17.8 Å². The van der Waals surface area contributed by atoms with Gasteiger partial charge in [0.1, 0.15) is 5.82 Å². The molecule has 1 heterocycles. The van der Waals surface area contributed by atoms with Crippen LogP contribution in [0.25, 0.3) is 0 Å². The molecule has 2 rings (SSSR count). The Morgan fingerprint density at radius 1 is 1.61 bits per heavy atom. The Kier molecular flexibility index (Phi) is 4.35. The topological polar surface area (TPSA) is 38.3 Å². The van der Waals surface area contributed by atoms with Crippen molar-refractivity contribution in [1.29, 1.82) is 0 Å². The molecule has 0 saturated carbocycles. The summed E-state index contributed by atoms with van der Waals surface area (Å²) in [6, 6.07) is 4.24. The zero-order chi connectivity index (χ0) is 13.1. The third-order valence-electron chi connectivity index (χ3n) is 3.24. The number of hydrogen-bond acceptors (Lipinski definition) is 2. The first-order valence-electron chi connectivity index (χ1n) is 5.93. The van der Waals surface area contributed by atoms with E-state index in [0.29, 0.717) is 22.5 Å². The molecule has 3 nitrogen and oxygen atoms in total. The van der Waals surface area contributed by atoms with E-state index in [1.807, 2.05) is 6.92 Å². The van der Waals surface area contributed by atoms with E-state index in [2.05, 4.69) is 21.2 Å². The minimum absolute atomic E-state index is 0.185. The molecule has 1 aromatic rings. The van der Waals surface area contributed by atoms with Crippen LogP contribution in [0.15, 0.2) is 22.7 Å². The molecular weight excluding hydrogens is 301 g/mol. The summed E-state index contributed by atoms with van der Waals surface area (Å²) in [6.07, 6.45) is 1.15. The first kappa shape index (κ1) is 13.5. The summed E-state index contributed by atoms with van der Waals surface area (Å²) in [5, 5.41) is 2.86. The molecule has 0 aromatic heterocycles. The molecule has 2 atom stereocenters. The van der Waals surface area contributed by atoms with E-state index in [4.69, 9.17) is 4.74 Å². The van der Waals surface area contributed by atoms with E-state index in [1.54, 1.807) is 0 Å². The minimum atomic E-state index is -0.371. The van der Waals surface area contributed by atoms with Crippen molar-refractivity contribution in [2.75, 3.05) is 13.2 Å². The first-order valence-corrected chi connectivity index (χ1v) is 6.72. The lowest BCUT2D eigenvalue weighted by Gasteiger charge is -2.14. The Morgan fingerprint density at radius 3 is 3.00 bits per heavy atom. The van der Waals surface area contributed by atoms with Gasteiger partial charge in [-0.05, 0) is 47.5 Å². The third-order valence-corrected chi connectivity index (χ3v) is 3.85. The van der Waals surface area contributed by atoms with Crippen LogP contribution in [0.5, 0.6) is 0 Å². The van der Waals surface area contributed by atoms with Gasteiger partial charge in [0.05, 0.1) is 10.6 Å². The normalized spacial score (nSPS) is 23.1. The molecule has 1 fully saturated rings. The van der Waals surface area contributed by atoms with Gasteiger partial charge in [0.2, 0.25) is 0 Å². The molecule has 1 aromatic carbocycles. The number of amides is 1. The van der Waals surface area contributed by atoms with Crippen molar-refractivity contribution in [2.45, 2.75) is 19.4 Å².